The third-order valence-electron chi connectivity index (χ3n) is 1.56. The lowest BCUT2D eigenvalue weighted by Gasteiger charge is -2.18. The van der Waals surface area contributed by atoms with Gasteiger partial charge >= 0.3 is 11.9 Å². The van der Waals surface area contributed by atoms with Crippen molar-refractivity contribution < 1.29 is 23.8 Å². The summed E-state index contributed by atoms with van der Waals surface area (Å²) in [6, 6.07) is 0. The van der Waals surface area contributed by atoms with E-state index in [2.05, 4.69) is 4.74 Å². The minimum atomic E-state index is -0.790. The van der Waals surface area contributed by atoms with Crippen LogP contribution in [-0.2, 0) is 23.8 Å². The number of epoxide rings is 1. The van der Waals surface area contributed by atoms with Crippen LogP contribution in [0.25, 0.3) is 0 Å². The van der Waals surface area contributed by atoms with E-state index in [1.807, 2.05) is 0 Å². The highest BCUT2D eigenvalue weighted by molar-refractivity contribution is 5.90. The molecule has 5 heteroatoms. The molecule has 80 valence electrons. The fourth-order valence-corrected chi connectivity index (χ4v) is 0.947. The molecule has 1 fully saturated rings. The molecule has 1 aliphatic heterocycles. The van der Waals surface area contributed by atoms with Crippen molar-refractivity contribution in [2.75, 3.05) is 7.11 Å². The molecular formula is C9H14O5. The first-order chi connectivity index (χ1) is 6.35. The Morgan fingerprint density at radius 3 is 2.07 bits per heavy atom. The van der Waals surface area contributed by atoms with Crippen LogP contribution in [0.2, 0.25) is 0 Å². The molecule has 0 aromatic heterocycles. The van der Waals surface area contributed by atoms with Gasteiger partial charge in [-0.05, 0) is 20.8 Å². The van der Waals surface area contributed by atoms with Gasteiger partial charge in [0.2, 0.25) is 0 Å². The van der Waals surface area contributed by atoms with Gasteiger partial charge in [-0.3, -0.25) is 0 Å². The SMILES string of the molecule is COC(=O)C1OC1C(=O)OC(C)(C)C. The zero-order valence-corrected chi connectivity index (χ0v) is 8.70. The summed E-state index contributed by atoms with van der Waals surface area (Å²) < 4.78 is 14.3. The highest BCUT2D eigenvalue weighted by atomic mass is 16.7. The van der Waals surface area contributed by atoms with Crippen molar-refractivity contribution in [3.63, 3.8) is 0 Å². The second-order valence-corrected chi connectivity index (χ2v) is 4.03. The first-order valence-electron chi connectivity index (χ1n) is 4.31. The highest BCUT2D eigenvalue weighted by Crippen LogP contribution is 2.26. The van der Waals surface area contributed by atoms with E-state index >= 15 is 0 Å². The van der Waals surface area contributed by atoms with Crippen LogP contribution in [0.5, 0.6) is 0 Å². The fourth-order valence-electron chi connectivity index (χ4n) is 0.947. The molecule has 0 spiro atoms. The minimum absolute atomic E-state index is 0.520. The summed E-state index contributed by atoms with van der Waals surface area (Å²) in [5, 5.41) is 0. The number of methoxy groups -OCH3 is 1. The Kier molecular flexibility index (Phi) is 2.80. The molecule has 0 bridgehead atoms. The molecule has 0 radical (unpaired) electrons. The third-order valence-corrected chi connectivity index (χ3v) is 1.56. The Morgan fingerprint density at radius 2 is 1.64 bits per heavy atom. The first kappa shape index (κ1) is 11.0. The van der Waals surface area contributed by atoms with Gasteiger partial charge in [-0.1, -0.05) is 0 Å². The zero-order valence-electron chi connectivity index (χ0n) is 8.70. The van der Waals surface area contributed by atoms with Crippen molar-refractivity contribution in [3.05, 3.63) is 0 Å². The van der Waals surface area contributed by atoms with Crippen molar-refractivity contribution >= 4 is 11.9 Å². The van der Waals surface area contributed by atoms with E-state index in [4.69, 9.17) is 9.47 Å². The summed E-state index contributed by atoms with van der Waals surface area (Å²) >= 11 is 0. The number of esters is 2. The average Bonchev–Trinajstić information content (AvgIpc) is 2.78. The van der Waals surface area contributed by atoms with Crippen molar-refractivity contribution in [2.24, 2.45) is 0 Å². The molecule has 0 N–H and O–H groups in total. The van der Waals surface area contributed by atoms with Crippen molar-refractivity contribution in [1.82, 2.24) is 0 Å². The molecule has 0 aromatic rings. The molecule has 0 aliphatic carbocycles. The summed E-state index contributed by atoms with van der Waals surface area (Å²) in [6.07, 6.45) is -1.57. The Hall–Kier alpha value is -1.10. The smallest absolute Gasteiger partial charge is 0.339 e. The molecule has 1 rings (SSSR count). The van der Waals surface area contributed by atoms with Crippen molar-refractivity contribution in [3.8, 4) is 0 Å². The van der Waals surface area contributed by atoms with E-state index in [0.717, 1.165) is 0 Å². The van der Waals surface area contributed by atoms with Gasteiger partial charge in [0.15, 0.2) is 12.2 Å². The van der Waals surface area contributed by atoms with E-state index in [9.17, 15) is 9.59 Å². The predicted octanol–water partition coefficient (Wildman–Crippen LogP) is 0.268. The number of rotatable bonds is 2. The van der Waals surface area contributed by atoms with Crippen LogP contribution in [0.4, 0.5) is 0 Å². The van der Waals surface area contributed by atoms with Crippen molar-refractivity contribution in [2.45, 2.75) is 38.6 Å². The molecule has 0 amide bonds. The van der Waals surface area contributed by atoms with Crippen LogP contribution in [0.15, 0.2) is 0 Å². The largest absolute Gasteiger partial charge is 0.467 e. The first-order valence-corrected chi connectivity index (χ1v) is 4.31. The predicted molar refractivity (Wildman–Crippen MR) is 46.5 cm³/mol. The fraction of sp³-hybridized carbons (Fsp3) is 0.778. The Bertz CT molecular complexity index is 252. The monoisotopic (exact) mass is 202 g/mol. The number of hydrogen-bond donors (Lipinski definition) is 0. The van der Waals surface area contributed by atoms with Crippen LogP contribution in [0.3, 0.4) is 0 Å². The van der Waals surface area contributed by atoms with Gasteiger partial charge in [0.25, 0.3) is 0 Å². The molecule has 2 atom stereocenters. The summed E-state index contributed by atoms with van der Waals surface area (Å²) in [7, 11) is 1.25. The maximum Gasteiger partial charge on any atom is 0.339 e. The minimum Gasteiger partial charge on any atom is -0.467 e. The summed E-state index contributed by atoms with van der Waals surface area (Å²) in [5.41, 5.74) is -0.566. The number of carbonyl (C=O) groups excluding carboxylic acids is 2. The van der Waals surface area contributed by atoms with Gasteiger partial charge in [0.1, 0.15) is 5.60 Å². The quantitative estimate of drug-likeness (QED) is 0.475. The molecule has 0 aromatic carbocycles. The van der Waals surface area contributed by atoms with E-state index in [0.29, 0.717) is 0 Å². The van der Waals surface area contributed by atoms with Crippen LogP contribution >= 0.6 is 0 Å². The zero-order chi connectivity index (χ0) is 10.9. The molecule has 2 unspecified atom stereocenters. The lowest BCUT2D eigenvalue weighted by Crippen LogP contribution is -2.28. The third kappa shape index (κ3) is 2.70. The van der Waals surface area contributed by atoms with Crippen LogP contribution in [0, 0.1) is 0 Å². The molecule has 1 saturated heterocycles. The van der Waals surface area contributed by atoms with Gasteiger partial charge in [-0.25, -0.2) is 9.59 Å². The Morgan fingerprint density at radius 1 is 1.14 bits per heavy atom. The number of hydrogen-bond acceptors (Lipinski definition) is 5. The number of ether oxygens (including phenoxy) is 3. The lowest BCUT2D eigenvalue weighted by atomic mass is 10.2. The van der Waals surface area contributed by atoms with E-state index < -0.39 is 29.7 Å². The second kappa shape index (κ2) is 3.57. The van der Waals surface area contributed by atoms with Crippen LogP contribution < -0.4 is 0 Å². The van der Waals surface area contributed by atoms with Gasteiger partial charge < -0.3 is 14.2 Å². The Balaban J connectivity index is 2.40. The van der Waals surface area contributed by atoms with Crippen LogP contribution in [0.1, 0.15) is 20.8 Å². The van der Waals surface area contributed by atoms with E-state index in [-0.39, 0.29) is 0 Å². The van der Waals surface area contributed by atoms with Crippen LogP contribution in [-0.4, -0.2) is 36.9 Å². The van der Waals surface area contributed by atoms with Gasteiger partial charge in [-0.15, -0.1) is 0 Å². The maximum absolute atomic E-state index is 11.3. The lowest BCUT2D eigenvalue weighted by molar-refractivity contribution is -0.156. The molecular weight excluding hydrogens is 188 g/mol. The Labute approximate surface area is 82.3 Å². The maximum atomic E-state index is 11.3. The molecule has 1 heterocycles. The van der Waals surface area contributed by atoms with Crippen molar-refractivity contribution in [1.29, 1.82) is 0 Å². The average molecular weight is 202 g/mol. The van der Waals surface area contributed by atoms with E-state index in [1.54, 1.807) is 20.8 Å². The molecule has 14 heavy (non-hydrogen) atoms. The summed E-state index contributed by atoms with van der Waals surface area (Å²) in [4.78, 5) is 22.2. The summed E-state index contributed by atoms with van der Waals surface area (Å²) in [6.45, 7) is 5.25. The highest BCUT2D eigenvalue weighted by Gasteiger charge is 2.53. The molecule has 0 saturated carbocycles. The molecule has 5 nitrogen and oxygen atoms in total. The summed E-state index contributed by atoms with van der Waals surface area (Å²) in [5.74, 6) is -1.06. The number of carbonyl (C=O) groups is 2. The van der Waals surface area contributed by atoms with Gasteiger partial charge in [0, 0.05) is 0 Å². The standard InChI is InChI=1S/C9H14O5/c1-9(2,3)14-8(11)6-5(13-6)7(10)12-4/h5-6H,1-4H3. The topological polar surface area (TPSA) is 65.1 Å². The second-order valence-electron chi connectivity index (χ2n) is 4.03. The van der Waals surface area contributed by atoms with Gasteiger partial charge in [-0.2, -0.15) is 0 Å². The van der Waals surface area contributed by atoms with E-state index in [1.165, 1.54) is 7.11 Å². The van der Waals surface area contributed by atoms with Gasteiger partial charge in [0.05, 0.1) is 7.11 Å². The normalized spacial score (nSPS) is 25.4. The molecule has 1 aliphatic rings.